The van der Waals surface area contributed by atoms with Gasteiger partial charge in [-0.1, -0.05) is 0 Å². The van der Waals surface area contributed by atoms with E-state index >= 15 is 0 Å². The monoisotopic (exact) mass is 200 g/mol. The summed E-state index contributed by atoms with van der Waals surface area (Å²) in [6.07, 6.45) is 0. The summed E-state index contributed by atoms with van der Waals surface area (Å²) in [6, 6.07) is 5.57. The number of nitrogens with one attached hydrogen (secondary N) is 1. The summed E-state index contributed by atoms with van der Waals surface area (Å²) in [5, 5.41) is 10.3. The molecule has 1 rings (SSSR count). The summed E-state index contributed by atoms with van der Waals surface area (Å²) in [6.45, 7) is 0. The minimum absolute atomic E-state index is 0.00291. The van der Waals surface area contributed by atoms with Crippen LogP contribution in [-0.4, -0.2) is 16.5 Å². The smallest absolute Gasteiger partial charge is 0.269 e. The van der Waals surface area contributed by atoms with Gasteiger partial charge in [0, 0.05) is 31.3 Å². The predicted octanol–water partition coefficient (Wildman–Crippen LogP) is 0.837. The maximum absolute atomic E-state index is 11.1. The SMILES string of the molecule is CN[S+]([O-])c1ccc([N+](=O)[O-])cc1. The molecule has 70 valence electrons. The fourth-order valence-corrected chi connectivity index (χ4v) is 1.43. The number of non-ortho nitro benzene ring substituents is 1. The maximum Gasteiger partial charge on any atom is 0.269 e. The number of nitro groups is 1. The second-order valence-electron chi connectivity index (χ2n) is 2.22. The average Bonchev–Trinajstić information content (AvgIpc) is 2.17. The molecule has 0 aliphatic rings. The quantitative estimate of drug-likeness (QED) is 0.445. The van der Waals surface area contributed by atoms with Gasteiger partial charge < -0.3 is 4.55 Å². The number of benzene rings is 1. The molecule has 1 aromatic rings. The molecule has 0 spiro atoms. The first-order valence-electron chi connectivity index (χ1n) is 3.49. The van der Waals surface area contributed by atoms with Gasteiger partial charge in [-0.3, -0.25) is 10.1 Å². The van der Waals surface area contributed by atoms with E-state index in [2.05, 4.69) is 4.72 Å². The second-order valence-corrected chi connectivity index (χ2v) is 3.64. The Kier molecular flexibility index (Phi) is 3.24. The molecule has 1 atom stereocenters. The van der Waals surface area contributed by atoms with E-state index < -0.39 is 16.3 Å². The van der Waals surface area contributed by atoms with Crippen molar-refractivity contribution in [2.75, 3.05) is 7.05 Å². The zero-order valence-electron chi connectivity index (χ0n) is 6.89. The number of hydrogen-bond donors (Lipinski definition) is 1. The molecule has 0 radical (unpaired) electrons. The van der Waals surface area contributed by atoms with Crippen LogP contribution in [0.1, 0.15) is 0 Å². The maximum atomic E-state index is 11.1. The van der Waals surface area contributed by atoms with Gasteiger partial charge in [0.15, 0.2) is 4.90 Å². The van der Waals surface area contributed by atoms with Gasteiger partial charge in [-0.25, -0.2) is 0 Å². The van der Waals surface area contributed by atoms with Crippen molar-refractivity contribution in [2.24, 2.45) is 0 Å². The van der Waals surface area contributed by atoms with Crippen molar-refractivity contribution in [1.29, 1.82) is 0 Å². The molecule has 1 N–H and O–H groups in total. The van der Waals surface area contributed by atoms with Crippen LogP contribution >= 0.6 is 0 Å². The molecule has 0 aliphatic heterocycles. The van der Waals surface area contributed by atoms with Crippen LogP contribution in [0.4, 0.5) is 5.69 Å². The molecule has 0 bridgehead atoms. The highest BCUT2D eigenvalue weighted by atomic mass is 32.2. The lowest BCUT2D eigenvalue weighted by atomic mass is 10.3. The molecule has 0 heterocycles. The van der Waals surface area contributed by atoms with E-state index in [4.69, 9.17) is 0 Å². The normalized spacial score (nSPS) is 12.5. The first-order valence-corrected chi connectivity index (χ1v) is 4.63. The van der Waals surface area contributed by atoms with Crippen molar-refractivity contribution in [3.05, 3.63) is 34.4 Å². The molecular weight excluding hydrogens is 192 g/mol. The molecule has 0 saturated carbocycles. The lowest BCUT2D eigenvalue weighted by molar-refractivity contribution is -0.384. The van der Waals surface area contributed by atoms with Gasteiger partial charge in [0.05, 0.1) is 16.3 Å². The van der Waals surface area contributed by atoms with Gasteiger partial charge in [-0.15, -0.1) is 4.72 Å². The molecular formula is C7H8N2O3S. The molecule has 0 aromatic heterocycles. The first-order chi connectivity index (χ1) is 6.15. The van der Waals surface area contributed by atoms with Crippen molar-refractivity contribution < 1.29 is 9.48 Å². The Labute approximate surface area is 78.2 Å². The fourth-order valence-electron chi connectivity index (χ4n) is 0.809. The summed E-state index contributed by atoms with van der Waals surface area (Å²) in [5.74, 6) is 0. The van der Waals surface area contributed by atoms with E-state index in [1.54, 1.807) is 7.05 Å². The number of nitrogens with zero attached hydrogens (tertiary/aromatic N) is 1. The predicted molar refractivity (Wildman–Crippen MR) is 48.6 cm³/mol. The van der Waals surface area contributed by atoms with Crippen LogP contribution in [0, 0.1) is 10.1 Å². The Balaban J connectivity index is 2.87. The summed E-state index contributed by atoms with van der Waals surface area (Å²) in [5.41, 5.74) is -0.00291. The van der Waals surface area contributed by atoms with Crippen LogP contribution in [0.25, 0.3) is 0 Å². The van der Waals surface area contributed by atoms with Gasteiger partial charge in [0.1, 0.15) is 0 Å². The highest BCUT2D eigenvalue weighted by Crippen LogP contribution is 2.14. The molecule has 1 unspecified atom stereocenters. The van der Waals surface area contributed by atoms with Crippen molar-refractivity contribution >= 4 is 17.0 Å². The largest absolute Gasteiger partial charge is 0.593 e. The van der Waals surface area contributed by atoms with Crippen LogP contribution in [0.5, 0.6) is 0 Å². The number of rotatable bonds is 3. The second kappa shape index (κ2) is 4.22. The topological polar surface area (TPSA) is 78.2 Å². The van der Waals surface area contributed by atoms with Gasteiger partial charge in [0.2, 0.25) is 0 Å². The summed E-state index contributed by atoms with van der Waals surface area (Å²) >= 11 is -1.28. The van der Waals surface area contributed by atoms with E-state index in [0.717, 1.165) is 0 Å². The van der Waals surface area contributed by atoms with Crippen LogP contribution in [0.3, 0.4) is 0 Å². The Morgan fingerprint density at radius 3 is 2.31 bits per heavy atom. The third kappa shape index (κ3) is 2.41. The van der Waals surface area contributed by atoms with Crippen molar-refractivity contribution in [3.63, 3.8) is 0 Å². The first kappa shape index (κ1) is 9.97. The third-order valence-corrected chi connectivity index (χ3v) is 2.52. The van der Waals surface area contributed by atoms with Gasteiger partial charge in [-0.05, 0) is 0 Å². The average molecular weight is 200 g/mol. The van der Waals surface area contributed by atoms with E-state index in [1.165, 1.54) is 24.3 Å². The number of hydrogen-bond acceptors (Lipinski definition) is 4. The molecule has 5 nitrogen and oxygen atoms in total. The highest BCUT2D eigenvalue weighted by Gasteiger charge is 2.11. The lowest BCUT2D eigenvalue weighted by Crippen LogP contribution is -2.18. The highest BCUT2D eigenvalue weighted by molar-refractivity contribution is 7.89. The molecule has 1 aromatic carbocycles. The summed E-state index contributed by atoms with van der Waals surface area (Å²) in [4.78, 5) is 10.3. The Bertz CT molecular complexity index is 301. The molecule has 0 fully saturated rings. The zero-order valence-corrected chi connectivity index (χ0v) is 7.71. The Morgan fingerprint density at radius 2 is 1.92 bits per heavy atom. The van der Waals surface area contributed by atoms with Crippen LogP contribution in [0.15, 0.2) is 29.2 Å². The fraction of sp³-hybridized carbons (Fsp3) is 0.143. The van der Waals surface area contributed by atoms with Crippen LogP contribution in [0.2, 0.25) is 0 Å². The van der Waals surface area contributed by atoms with E-state index in [1.807, 2.05) is 0 Å². The molecule has 6 heteroatoms. The Hall–Kier alpha value is -1.11. The minimum Gasteiger partial charge on any atom is -0.593 e. The van der Waals surface area contributed by atoms with Crippen molar-refractivity contribution in [3.8, 4) is 0 Å². The molecule has 0 aliphatic carbocycles. The van der Waals surface area contributed by atoms with Crippen LogP contribution in [-0.2, 0) is 11.4 Å². The van der Waals surface area contributed by atoms with Gasteiger partial charge in [-0.2, -0.15) is 0 Å². The standard InChI is InChI=1S/C7H8N2O3S/c1-8-13(12)7-4-2-6(3-5-7)9(10)11/h2-5,8H,1H3. The van der Waals surface area contributed by atoms with E-state index in [-0.39, 0.29) is 5.69 Å². The molecule has 0 saturated heterocycles. The minimum atomic E-state index is -1.28. The summed E-state index contributed by atoms with van der Waals surface area (Å²) in [7, 11) is 1.55. The van der Waals surface area contributed by atoms with Gasteiger partial charge in [0.25, 0.3) is 5.69 Å². The lowest BCUT2D eigenvalue weighted by Gasteiger charge is -2.05. The zero-order chi connectivity index (χ0) is 9.84. The van der Waals surface area contributed by atoms with Crippen LogP contribution < -0.4 is 4.72 Å². The van der Waals surface area contributed by atoms with Crippen molar-refractivity contribution in [1.82, 2.24) is 4.72 Å². The molecule has 0 amide bonds. The van der Waals surface area contributed by atoms with Gasteiger partial charge >= 0.3 is 0 Å². The molecule has 13 heavy (non-hydrogen) atoms. The van der Waals surface area contributed by atoms with E-state index in [9.17, 15) is 14.7 Å². The Morgan fingerprint density at radius 1 is 1.38 bits per heavy atom. The van der Waals surface area contributed by atoms with E-state index in [0.29, 0.717) is 4.90 Å². The number of nitro benzene ring substituents is 1. The summed E-state index contributed by atoms with van der Waals surface area (Å²) < 4.78 is 13.7. The third-order valence-electron chi connectivity index (χ3n) is 1.45. The van der Waals surface area contributed by atoms with Crippen molar-refractivity contribution in [2.45, 2.75) is 4.90 Å².